The van der Waals surface area contributed by atoms with Crippen molar-refractivity contribution in [3.63, 3.8) is 0 Å². The van der Waals surface area contributed by atoms with E-state index in [4.69, 9.17) is 0 Å². The molecule has 1 atom stereocenters. The Morgan fingerprint density at radius 3 is 2.46 bits per heavy atom. The number of para-hydroxylation sites is 1. The summed E-state index contributed by atoms with van der Waals surface area (Å²) in [5, 5.41) is 2.89. The molecule has 0 aliphatic carbocycles. The van der Waals surface area contributed by atoms with E-state index < -0.39 is 10.0 Å². The van der Waals surface area contributed by atoms with Crippen molar-refractivity contribution < 1.29 is 13.2 Å². The first-order chi connectivity index (χ1) is 12.4. The summed E-state index contributed by atoms with van der Waals surface area (Å²) in [6, 6.07) is 13.9. The second kappa shape index (κ2) is 8.21. The van der Waals surface area contributed by atoms with Crippen molar-refractivity contribution in [2.45, 2.75) is 17.7 Å². The predicted octanol–water partition coefficient (Wildman–Crippen LogP) is 4.25. The summed E-state index contributed by atoms with van der Waals surface area (Å²) in [4.78, 5) is 12.9. The van der Waals surface area contributed by atoms with E-state index in [2.05, 4.69) is 37.2 Å². The van der Waals surface area contributed by atoms with Gasteiger partial charge >= 0.3 is 0 Å². The lowest BCUT2D eigenvalue weighted by molar-refractivity contribution is -0.120. The molecule has 1 aliphatic heterocycles. The predicted molar refractivity (Wildman–Crippen MR) is 108 cm³/mol. The molecule has 2 aromatic rings. The van der Waals surface area contributed by atoms with Gasteiger partial charge in [-0.15, -0.1) is 0 Å². The Hall–Kier alpha value is -1.22. The highest BCUT2D eigenvalue weighted by molar-refractivity contribution is 9.10. The fraction of sp³-hybridized carbons (Fsp3) is 0.278. The highest BCUT2D eigenvalue weighted by Crippen LogP contribution is 2.27. The van der Waals surface area contributed by atoms with Gasteiger partial charge in [-0.1, -0.05) is 28.1 Å². The molecule has 0 bridgehead atoms. The highest BCUT2D eigenvalue weighted by atomic mass is 79.9. The van der Waals surface area contributed by atoms with E-state index in [1.807, 2.05) is 18.2 Å². The standard InChI is InChI=1S/C18H18Br2N2O3S/c19-14-7-9-15(10-8-14)26(24,25)22-11-3-4-13(12-22)18(23)21-17-6-2-1-5-16(17)20/h1-2,5-10,13H,3-4,11-12H2,(H,21,23)/t13-/m0/s1. The Bertz CT molecular complexity index is 901. The largest absolute Gasteiger partial charge is 0.325 e. The van der Waals surface area contributed by atoms with E-state index in [0.29, 0.717) is 25.1 Å². The zero-order chi connectivity index (χ0) is 18.7. The van der Waals surface area contributed by atoms with Gasteiger partial charge < -0.3 is 5.32 Å². The van der Waals surface area contributed by atoms with Crippen LogP contribution in [0.3, 0.4) is 0 Å². The van der Waals surface area contributed by atoms with Crippen LogP contribution in [0.4, 0.5) is 5.69 Å². The summed E-state index contributed by atoms with van der Waals surface area (Å²) in [6.07, 6.45) is 1.33. The van der Waals surface area contributed by atoms with Crippen LogP contribution in [0.15, 0.2) is 62.4 Å². The van der Waals surface area contributed by atoms with Crippen LogP contribution in [0, 0.1) is 5.92 Å². The number of nitrogens with zero attached hydrogens (tertiary/aromatic N) is 1. The van der Waals surface area contributed by atoms with Crippen molar-refractivity contribution in [3.05, 3.63) is 57.5 Å². The number of anilines is 1. The van der Waals surface area contributed by atoms with Gasteiger partial charge in [0, 0.05) is 22.0 Å². The summed E-state index contributed by atoms with van der Waals surface area (Å²) < 4.78 is 28.7. The van der Waals surface area contributed by atoms with Gasteiger partial charge in [-0.3, -0.25) is 4.79 Å². The maximum absolute atomic E-state index is 12.9. The van der Waals surface area contributed by atoms with Crippen molar-refractivity contribution >= 4 is 53.5 Å². The summed E-state index contributed by atoms with van der Waals surface area (Å²) in [5.74, 6) is -0.534. The summed E-state index contributed by atoms with van der Waals surface area (Å²) in [7, 11) is -3.60. The number of hydrogen-bond acceptors (Lipinski definition) is 3. The first-order valence-electron chi connectivity index (χ1n) is 8.19. The molecule has 0 spiro atoms. The average Bonchev–Trinajstić information content (AvgIpc) is 2.64. The summed E-state index contributed by atoms with van der Waals surface area (Å²) in [5.41, 5.74) is 0.686. The van der Waals surface area contributed by atoms with E-state index >= 15 is 0 Å². The van der Waals surface area contributed by atoms with Gasteiger partial charge in [0.25, 0.3) is 0 Å². The Morgan fingerprint density at radius 1 is 1.08 bits per heavy atom. The number of benzene rings is 2. The SMILES string of the molecule is O=C(Nc1ccccc1Br)[C@H]1CCCN(S(=O)(=O)c2ccc(Br)cc2)C1. The van der Waals surface area contributed by atoms with Crippen LogP contribution < -0.4 is 5.32 Å². The van der Waals surface area contributed by atoms with Crippen molar-refractivity contribution in [3.8, 4) is 0 Å². The minimum Gasteiger partial charge on any atom is -0.325 e. The number of halogens is 2. The second-order valence-corrected chi connectivity index (χ2v) is 9.83. The first-order valence-corrected chi connectivity index (χ1v) is 11.2. The molecule has 0 saturated carbocycles. The van der Waals surface area contributed by atoms with E-state index in [-0.39, 0.29) is 23.3 Å². The van der Waals surface area contributed by atoms with Crippen LogP contribution in [0.2, 0.25) is 0 Å². The van der Waals surface area contributed by atoms with Crippen molar-refractivity contribution in [2.24, 2.45) is 5.92 Å². The Balaban J connectivity index is 1.73. The maximum Gasteiger partial charge on any atom is 0.243 e. The molecule has 0 aromatic heterocycles. The lowest BCUT2D eigenvalue weighted by Gasteiger charge is -2.31. The number of carbonyl (C=O) groups excluding carboxylic acids is 1. The van der Waals surface area contributed by atoms with Crippen LogP contribution in [0.5, 0.6) is 0 Å². The molecule has 2 aromatic carbocycles. The quantitative estimate of drug-likeness (QED) is 0.680. The number of piperidine rings is 1. The minimum atomic E-state index is -3.60. The van der Waals surface area contributed by atoms with Gasteiger partial charge in [0.1, 0.15) is 0 Å². The molecule has 0 radical (unpaired) electrons. The molecular formula is C18H18Br2N2O3S. The van der Waals surface area contributed by atoms with E-state index in [1.54, 1.807) is 30.3 Å². The molecule has 1 N–H and O–H groups in total. The molecule has 1 saturated heterocycles. The topological polar surface area (TPSA) is 66.5 Å². The van der Waals surface area contributed by atoms with Gasteiger partial charge in [-0.05, 0) is 65.2 Å². The number of carbonyl (C=O) groups is 1. The van der Waals surface area contributed by atoms with E-state index in [9.17, 15) is 13.2 Å². The zero-order valence-corrected chi connectivity index (χ0v) is 17.8. The normalized spacial score (nSPS) is 18.5. The van der Waals surface area contributed by atoms with Crippen molar-refractivity contribution in [1.82, 2.24) is 4.31 Å². The first kappa shape index (κ1) is 19.5. The fourth-order valence-corrected chi connectivity index (χ4v) is 5.10. The smallest absolute Gasteiger partial charge is 0.243 e. The Kier molecular flexibility index (Phi) is 6.17. The molecule has 5 nitrogen and oxygen atoms in total. The van der Waals surface area contributed by atoms with E-state index in [1.165, 1.54) is 4.31 Å². The molecule has 1 aliphatic rings. The monoisotopic (exact) mass is 500 g/mol. The number of rotatable bonds is 4. The lowest BCUT2D eigenvalue weighted by Crippen LogP contribution is -2.43. The zero-order valence-electron chi connectivity index (χ0n) is 13.9. The van der Waals surface area contributed by atoms with Gasteiger partial charge in [0.05, 0.1) is 16.5 Å². The van der Waals surface area contributed by atoms with Gasteiger partial charge in [-0.2, -0.15) is 4.31 Å². The average molecular weight is 502 g/mol. The molecule has 138 valence electrons. The maximum atomic E-state index is 12.9. The van der Waals surface area contributed by atoms with Crippen molar-refractivity contribution in [1.29, 1.82) is 0 Å². The van der Waals surface area contributed by atoms with Crippen LogP contribution in [-0.4, -0.2) is 31.7 Å². The third kappa shape index (κ3) is 4.36. The van der Waals surface area contributed by atoms with Crippen LogP contribution in [0.1, 0.15) is 12.8 Å². The fourth-order valence-electron chi connectivity index (χ4n) is 2.93. The summed E-state index contributed by atoms with van der Waals surface area (Å²) in [6.45, 7) is 0.617. The molecule has 3 rings (SSSR count). The number of hydrogen-bond donors (Lipinski definition) is 1. The van der Waals surface area contributed by atoms with Gasteiger partial charge in [0.15, 0.2) is 0 Å². The van der Waals surface area contributed by atoms with Gasteiger partial charge in [-0.25, -0.2) is 8.42 Å². The molecule has 1 fully saturated rings. The number of nitrogens with one attached hydrogen (secondary N) is 1. The minimum absolute atomic E-state index is 0.160. The van der Waals surface area contributed by atoms with Gasteiger partial charge in [0.2, 0.25) is 15.9 Å². The molecular weight excluding hydrogens is 484 g/mol. The number of amides is 1. The highest BCUT2D eigenvalue weighted by Gasteiger charge is 2.33. The second-order valence-electron chi connectivity index (χ2n) is 6.13. The van der Waals surface area contributed by atoms with Crippen LogP contribution in [0.25, 0.3) is 0 Å². The van der Waals surface area contributed by atoms with Crippen LogP contribution >= 0.6 is 31.9 Å². The number of sulfonamides is 1. The Morgan fingerprint density at radius 2 is 1.77 bits per heavy atom. The molecule has 0 unspecified atom stereocenters. The molecule has 26 heavy (non-hydrogen) atoms. The van der Waals surface area contributed by atoms with Crippen molar-refractivity contribution in [2.75, 3.05) is 18.4 Å². The van der Waals surface area contributed by atoms with Crippen LogP contribution in [-0.2, 0) is 14.8 Å². The van der Waals surface area contributed by atoms with E-state index in [0.717, 1.165) is 8.95 Å². The Labute approximate surface area is 170 Å². The lowest BCUT2D eigenvalue weighted by atomic mass is 9.99. The third-order valence-electron chi connectivity index (χ3n) is 4.34. The molecule has 1 heterocycles. The molecule has 1 amide bonds. The third-order valence-corrected chi connectivity index (χ3v) is 7.44. The summed E-state index contributed by atoms with van der Waals surface area (Å²) >= 11 is 6.71. The molecule has 8 heteroatoms.